The maximum Gasteiger partial charge on any atom is 0.259 e. The average molecular weight is 590 g/mol. The summed E-state index contributed by atoms with van der Waals surface area (Å²) in [6, 6.07) is 23.4. The third kappa shape index (κ3) is 6.34. The molecule has 194 valence electrons. The molecule has 0 aliphatic heterocycles. The summed E-state index contributed by atoms with van der Waals surface area (Å²) in [4.78, 5) is 19.4. The van der Waals surface area contributed by atoms with Crippen molar-refractivity contribution in [1.82, 2.24) is 0 Å². The minimum absolute atomic E-state index is 0.102. The van der Waals surface area contributed by atoms with Crippen molar-refractivity contribution in [3.63, 3.8) is 0 Å². The summed E-state index contributed by atoms with van der Waals surface area (Å²) in [6.45, 7) is 2.92. The maximum absolute atomic E-state index is 13.4. The van der Waals surface area contributed by atoms with E-state index in [4.69, 9.17) is 14.5 Å². The molecule has 38 heavy (non-hydrogen) atoms. The first-order valence-electron chi connectivity index (χ1n) is 12.8. The molecule has 0 saturated carbocycles. The number of ether oxygens (including phenoxy) is 2. The van der Waals surface area contributed by atoms with Crippen LogP contribution in [-0.2, 0) is 19.4 Å². The van der Waals surface area contributed by atoms with Crippen molar-refractivity contribution in [3.8, 4) is 11.5 Å². The highest BCUT2D eigenvalue weighted by Gasteiger charge is 2.25. The molecule has 0 radical (unpaired) electrons. The number of aryl methyl sites for hydroxylation is 1. The van der Waals surface area contributed by atoms with Crippen LogP contribution in [0.25, 0.3) is 0 Å². The predicted octanol–water partition coefficient (Wildman–Crippen LogP) is 8.37. The third-order valence-electron chi connectivity index (χ3n) is 6.32. The fourth-order valence-corrected chi connectivity index (χ4v) is 5.95. The zero-order valence-corrected chi connectivity index (χ0v) is 23.6. The molecule has 1 aliphatic carbocycles. The maximum atomic E-state index is 13.4. The molecule has 1 N–H and O–H groups in total. The number of hydrogen-bond acceptors (Lipinski definition) is 5. The first kappa shape index (κ1) is 26.2. The van der Waals surface area contributed by atoms with Gasteiger partial charge in [0.25, 0.3) is 5.91 Å². The number of anilines is 1. The summed E-state index contributed by atoms with van der Waals surface area (Å²) in [6.07, 6.45) is 5.96. The van der Waals surface area contributed by atoms with E-state index >= 15 is 0 Å². The van der Waals surface area contributed by atoms with E-state index in [0.717, 1.165) is 57.5 Å². The van der Waals surface area contributed by atoms with Crippen molar-refractivity contribution in [3.05, 3.63) is 104 Å². The predicted molar refractivity (Wildman–Crippen MR) is 159 cm³/mol. The SMILES string of the molecule is CCOc1cc(C=Nc2sc3c(c2C(=O)Nc2ccccc2)CCCC3)ccc1OCc1ccc(Br)cc1. The lowest BCUT2D eigenvalue weighted by atomic mass is 9.95. The normalized spacial score (nSPS) is 12.8. The lowest BCUT2D eigenvalue weighted by Gasteiger charge is -2.13. The summed E-state index contributed by atoms with van der Waals surface area (Å²) in [5.41, 5.74) is 4.58. The Morgan fingerprint density at radius 3 is 2.58 bits per heavy atom. The van der Waals surface area contributed by atoms with E-state index in [1.807, 2.05) is 79.7 Å². The molecule has 0 fully saturated rings. The molecular formula is C31H29BrN2O3S. The van der Waals surface area contributed by atoms with Gasteiger partial charge in [0.2, 0.25) is 0 Å². The fourth-order valence-electron chi connectivity index (χ4n) is 4.46. The zero-order valence-electron chi connectivity index (χ0n) is 21.2. The number of nitrogens with one attached hydrogen (secondary N) is 1. The van der Waals surface area contributed by atoms with Gasteiger partial charge in [-0.05, 0) is 91.8 Å². The molecule has 5 rings (SSSR count). The molecule has 7 heteroatoms. The Labute approximate surface area is 235 Å². The van der Waals surface area contributed by atoms with Crippen LogP contribution < -0.4 is 14.8 Å². The topological polar surface area (TPSA) is 59.9 Å². The van der Waals surface area contributed by atoms with Crippen LogP contribution >= 0.6 is 27.3 Å². The van der Waals surface area contributed by atoms with Gasteiger partial charge in [0.15, 0.2) is 11.5 Å². The molecule has 0 bridgehead atoms. The number of para-hydroxylation sites is 1. The van der Waals surface area contributed by atoms with E-state index < -0.39 is 0 Å². The Morgan fingerprint density at radius 1 is 1.00 bits per heavy atom. The summed E-state index contributed by atoms with van der Waals surface area (Å²) in [5, 5.41) is 3.80. The monoisotopic (exact) mass is 588 g/mol. The molecule has 0 spiro atoms. The molecule has 1 aliphatic rings. The van der Waals surface area contributed by atoms with Crippen molar-refractivity contribution in [2.24, 2.45) is 4.99 Å². The average Bonchev–Trinajstić information content (AvgIpc) is 3.31. The number of benzene rings is 3. The van der Waals surface area contributed by atoms with Crippen molar-refractivity contribution in [1.29, 1.82) is 0 Å². The van der Waals surface area contributed by atoms with Crippen LogP contribution in [0.4, 0.5) is 10.7 Å². The van der Waals surface area contributed by atoms with E-state index in [9.17, 15) is 4.79 Å². The molecular weight excluding hydrogens is 560 g/mol. The highest BCUT2D eigenvalue weighted by Crippen LogP contribution is 2.40. The van der Waals surface area contributed by atoms with Gasteiger partial charge < -0.3 is 14.8 Å². The van der Waals surface area contributed by atoms with Gasteiger partial charge in [0.1, 0.15) is 11.6 Å². The van der Waals surface area contributed by atoms with Crippen molar-refractivity contribution >= 4 is 50.1 Å². The number of aliphatic imine (C=N–C) groups is 1. The van der Waals surface area contributed by atoms with E-state index in [-0.39, 0.29) is 5.91 Å². The largest absolute Gasteiger partial charge is 0.490 e. The first-order valence-corrected chi connectivity index (χ1v) is 14.4. The van der Waals surface area contributed by atoms with Crippen molar-refractivity contribution in [2.75, 3.05) is 11.9 Å². The third-order valence-corrected chi connectivity index (χ3v) is 8.05. The van der Waals surface area contributed by atoms with Crippen LogP contribution in [0.15, 0.2) is 82.3 Å². The molecule has 3 aromatic carbocycles. The van der Waals surface area contributed by atoms with Crippen LogP contribution in [0.5, 0.6) is 11.5 Å². The van der Waals surface area contributed by atoms with Crippen molar-refractivity contribution < 1.29 is 14.3 Å². The molecule has 4 aromatic rings. The Balaban J connectivity index is 1.38. The lowest BCUT2D eigenvalue weighted by molar-refractivity contribution is 0.102. The molecule has 0 saturated heterocycles. The Kier molecular flexibility index (Phi) is 8.56. The second-order valence-electron chi connectivity index (χ2n) is 9.02. The summed E-state index contributed by atoms with van der Waals surface area (Å²) < 4.78 is 13.0. The molecule has 0 unspecified atom stereocenters. The number of carbonyl (C=O) groups is 1. The van der Waals surface area contributed by atoms with Gasteiger partial charge in [0.05, 0.1) is 12.2 Å². The van der Waals surface area contributed by atoms with Gasteiger partial charge in [-0.2, -0.15) is 0 Å². The van der Waals surface area contributed by atoms with Gasteiger partial charge in [-0.25, -0.2) is 4.99 Å². The summed E-state index contributed by atoms with van der Waals surface area (Å²) in [5.74, 6) is 1.25. The Hall–Kier alpha value is -3.42. The highest BCUT2D eigenvalue weighted by molar-refractivity contribution is 9.10. The highest BCUT2D eigenvalue weighted by atomic mass is 79.9. The van der Waals surface area contributed by atoms with Crippen LogP contribution in [0.2, 0.25) is 0 Å². The van der Waals surface area contributed by atoms with E-state index in [1.165, 1.54) is 4.88 Å². The van der Waals surface area contributed by atoms with E-state index in [0.29, 0.717) is 30.3 Å². The number of hydrogen-bond donors (Lipinski definition) is 1. The van der Waals surface area contributed by atoms with Crippen LogP contribution in [0.3, 0.4) is 0 Å². The lowest BCUT2D eigenvalue weighted by Crippen LogP contribution is -2.14. The minimum Gasteiger partial charge on any atom is -0.490 e. The van der Waals surface area contributed by atoms with Crippen LogP contribution in [-0.4, -0.2) is 18.7 Å². The molecule has 1 aromatic heterocycles. The van der Waals surface area contributed by atoms with Gasteiger partial charge in [-0.15, -0.1) is 11.3 Å². The van der Waals surface area contributed by atoms with Crippen LogP contribution in [0.1, 0.15) is 51.7 Å². The first-order chi connectivity index (χ1) is 18.6. The standard InChI is InChI=1S/C31H29BrN2O3S/c1-2-36-27-18-22(14-17-26(27)37-20-21-12-15-23(32)16-13-21)19-33-31-29(25-10-6-7-11-28(25)38-31)30(35)34-24-8-4-3-5-9-24/h3-5,8-9,12-19H,2,6-7,10-11,20H2,1H3,(H,34,35). The van der Waals surface area contributed by atoms with E-state index in [1.54, 1.807) is 17.6 Å². The second kappa shape index (κ2) is 12.4. The van der Waals surface area contributed by atoms with Gasteiger partial charge >= 0.3 is 0 Å². The molecule has 0 atom stereocenters. The number of fused-ring (bicyclic) bond motifs is 1. The quantitative estimate of drug-likeness (QED) is 0.200. The number of nitrogens with zero attached hydrogens (tertiary/aromatic N) is 1. The van der Waals surface area contributed by atoms with Crippen molar-refractivity contribution in [2.45, 2.75) is 39.2 Å². The number of carbonyl (C=O) groups excluding carboxylic acids is 1. The summed E-state index contributed by atoms with van der Waals surface area (Å²) in [7, 11) is 0. The molecule has 1 heterocycles. The number of thiophene rings is 1. The van der Waals surface area contributed by atoms with Gasteiger partial charge in [-0.1, -0.05) is 46.3 Å². The van der Waals surface area contributed by atoms with Gasteiger partial charge in [-0.3, -0.25) is 4.79 Å². The molecule has 1 amide bonds. The number of halogens is 1. The van der Waals surface area contributed by atoms with Gasteiger partial charge in [0, 0.05) is 21.3 Å². The summed E-state index contributed by atoms with van der Waals surface area (Å²) >= 11 is 5.09. The number of amides is 1. The van der Waals surface area contributed by atoms with E-state index in [2.05, 4.69) is 21.2 Å². The smallest absolute Gasteiger partial charge is 0.259 e. The molecule has 5 nitrogen and oxygen atoms in total. The van der Waals surface area contributed by atoms with Crippen LogP contribution in [0, 0.1) is 0 Å². The Bertz CT molecular complexity index is 1430. The minimum atomic E-state index is -0.102. The fraction of sp³-hybridized carbons (Fsp3) is 0.226. The number of rotatable bonds is 9. The Morgan fingerprint density at radius 2 is 1.79 bits per heavy atom. The zero-order chi connectivity index (χ0) is 26.3. The second-order valence-corrected chi connectivity index (χ2v) is 11.0.